The predicted octanol–water partition coefficient (Wildman–Crippen LogP) is 2.47. The molecule has 2 rings (SSSR count). The number of carbonyl (C=O) groups is 1. The van der Waals surface area contributed by atoms with Gasteiger partial charge in [-0.25, -0.2) is 0 Å². The van der Waals surface area contributed by atoms with Crippen molar-refractivity contribution in [2.75, 3.05) is 18.6 Å². The van der Waals surface area contributed by atoms with Gasteiger partial charge in [-0.1, -0.05) is 20.3 Å². The van der Waals surface area contributed by atoms with Crippen LogP contribution < -0.4 is 5.32 Å². The highest BCUT2D eigenvalue weighted by Crippen LogP contribution is 2.43. The standard InChI is InChI=1S/C14H26N2OS/c1-11(2)12-15-14(7-8-14)13(17)16(12)9-5-4-6-10-18-3/h11-12,15H,4-10H2,1-3H3. The number of nitrogens with zero attached hydrogens (tertiary/aromatic N) is 1. The Hall–Kier alpha value is -0.220. The van der Waals surface area contributed by atoms with Crippen molar-refractivity contribution in [1.29, 1.82) is 0 Å². The van der Waals surface area contributed by atoms with Gasteiger partial charge in [0.2, 0.25) is 5.91 Å². The quantitative estimate of drug-likeness (QED) is 0.721. The molecular weight excluding hydrogens is 244 g/mol. The molecule has 1 amide bonds. The highest BCUT2D eigenvalue weighted by molar-refractivity contribution is 7.98. The maximum Gasteiger partial charge on any atom is 0.244 e. The van der Waals surface area contributed by atoms with Gasteiger partial charge in [-0.3, -0.25) is 10.1 Å². The first-order chi connectivity index (χ1) is 8.60. The van der Waals surface area contributed by atoms with E-state index in [1.807, 2.05) is 11.8 Å². The SMILES string of the molecule is CSCCCCCN1C(=O)C2(CC2)NC1C(C)C. The second-order valence-corrected chi connectivity index (χ2v) is 6.95. The molecule has 1 N–H and O–H groups in total. The first-order valence-corrected chi connectivity index (χ1v) is 8.58. The van der Waals surface area contributed by atoms with Crippen molar-refractivity contribution >= 4 is 17.7 Å². The molecule has 1 aliphatic heterocycles. The zero-order valence-electron chi connectivity index (χ0n) is 11.9. The normalized spacial score (nSPS) is 25.4. The molecule has 18 heavy (non-hydrogen) atoms. The van der Waals surface area contributed by atoms with Crippen LogP contribution in [0.15, 0.2) is 0 Å². The summed E-state index contributed by atoms with van der Waals surface area (Å²) in [5.41, 5.74) is -0.145. The molecule has 104 valence electrons. The molecule has 2 aliphatic rings. The number of hydrogen-bond acceptors (Lipinski definition) is 3. The Kier molecular flexibility index (Phi) is 4.59. The van der Waals surface area contributed by atoms with E-state index in [2.05, 4.69) is 30.3 Å². The maximum absolute atomic E-state index is 12.4. The first kappa shape index (κ1) is 14.2. The average Bonchev–Trinajstić information content (AvgIpc) is 3.06. The van der Waals surface area contributed by atoms with E-state index in [-0.39, 0.29) is 11.7 Å². The number of unbranched alkanes of at least 4 members (excludes halogenated alkanes) is 2. The number of amides is 1. The van der Waals surface area contributed by atoms with Crippen molar-refractivity contribution in [3.05, 3.63) is 0 Å². The van der Waals surface area contributed by atoms with Gasteiger partial charge in [0, 0.05) is 6.54 Å². The summed E-state index contributed by atoms with van der Waals surface area (Å²) in [5.74, 6) is 2.11. The molecule has 0 radical (unpaired) electrons. The van der Waals surface area contributed by atoms with Gasteiger partial charge in [0.25, 0.3) is 0 Å². The molecule has 0 aromatic carbocycles. The second-order valence-electron chi connectivity index (χ2n) is 5.97. The Morgan fingerprint density at radius 2 is 2.11 bits per heavy atom. The number of carbonyl (C=O) groups excluding carboxylic acids is 1. The highest BCUT2D eigenvalue weighted by Gasteiger charge is 2.59. The molecule has 1 heterocycles. The summed E-state index contributed by atoms with van der Waals surface area (Å²) in [4.78, 5) is 14.5. The molecule has 2 fully saturated rings. The van der Waals surface area contributed by atoms with Crippen molar-refractivity contribution in [1.82, 2.24) is 10.2 Å². The lowest BCUT2D eigenvalue weighted by atomic mass is 10.1. The maximum atomic E-state index is 12.4. The van der Waals surface area contributed by atoms with Gasteiger partial charge in [0.05, 0.1) is 11.7 Å². The van der Waals surface area contributed by atoms with Crippen molar-refractivity contribution in [2.24, 2.45) is 5.92 Å². The van der Waals surface area contributed by atoms with Gasteiger partial charge in [0.1, 0.15) is 0 Å². The van der Waals surface area contributed by atoms with Crippen molar-refractivity contribution in [2.45, 2.75) is 57.7 Å². The lowest BCUT2D eigenvalue weighted by Gasteiger charge is -2.27. The lowest BCUT2D eigenvalue weighted by molar-refractivity contribution is -0.131. The van der Waals surface area contributed by atoms with Crippen LogP contribution in [0.5, 0.6) is 0 Å². The summed E-state index contributed by atoms with van der Waals surface area (Å²) in [6, 6.07) is 0. The van der Waals surface area contributed by atoms with Crippen molar-refractivity contribution in [3.8, 4) is 0 Å². The lowest BCUT2D eigenvalue weighted by Crippen LogP contribution is -2.42. The van der Waals surface area contributed by atoms with E-state index in [9.17, 15) is 4.79 Å². The summed E-state index contributed by atoms with van der Waals surface area (Å²) in [6.45, 7) is 5.34. The molecule has 4 heteroatoms. The Labute approximate surface area is 115 Å². The Morgan fingerprint density at radius 1 is 1.39 bits per heavy atom. The molecular formula is C14H26N2OS. The van der Waals surface area contributed by atoms with Crippen LogP contribution in [-0.2, 0) is 4.79 Å². The van der Waals surface area contributed by atoms with E-state index in [0.717, 1.165) is 25.8 Å². The van der Waals surface area contributed by atoms with Gasteiger partial charge in [-0.2, -0.15) is 11.8 Å². The number of thioether (sulfide) groups is 1. The van der Waals surface area contributed by atoms with Crippen LogP contribution in [-0.4, -0.2) is 41.1 Å². The third-order valence-electron chi connectivity index (χ3n) is 4.06. The Balaban J connectivity index is 1.82. The molecule has 1 saturated heterocycles. The Morgan fingerprint density at radius 3 is 2.67 bits per heavy atom. The van der Waals surface area contributed by atoms with Crippen molar-refractivity contribution < 1.29 is 4.79 Å². The second kappa shape index (κ2) is 5.83. The van der Waals surface area contributed by atoms with Crippen LogP contribution >= 0.6 is 11.8 Å². The van der Waals surface area contributed by atoms with E-state index >= 15 is 0 Å². The molecule has 1 spiro atoms. The molecule has 1 aliphatic carbocycles. The van der Waals surface area contributed by atoms with Crippen LogP contribution in [0.4, 0.5) is 0 Å². The monoisotopic (exact) mass is 270 g/mol. The summed E-state index contributed by atoms with van der Waals surface area (Å²) in [7, 11) is 0. The minimum absolute atomic E-state index is 0.145. The number of hydrogen-bond donors (Lipinski definition) is 1. The fraction of sp³-hybridized carbons (Fsp3) is 0.929. The van der Waals surface area contributed by atoms with E-state index < -0.39 is 0 Å². The number of rotatable bonds is 7. The van der Waals surface area contributed by atoms with E-state index in [1.165, 1.54) is 18.6 Å². The Bertz CT molecular complexity index is 302. The van der Waals surface area contributed by atoms with Gasteiger partial charge in [-0.15, -0.1) is 0 Å². The zero-order valence-corrected chi connectivity index (χ0v) is 12.7. The molecule has 1 atom stereocenters. The van der Waals surface area contributed by atoms with Crippen LogP contribution in [0.25, 0.3) is 0 Å². The summed E-state index contributed by atoms with van der Waals surface area (Å²) in [5, 5.41) is 3.56. The predicted molar refractivity (Wildman–Crippen MR) is 77.7 cm³/mol. The van der Waals surface area contributed by atoms with Crippen LogP contribution in [0.2, 0.25) is 0 Å². The fourth-order valence-corrected chi connectivity index (χ4v) is 3.27. The number of nitrogens with one attached hydrogen (secondary N) is 1. The van der Waals surface area contributed by atoms with E-state index in [4.69, 9.17) is 0 Å². The molecule has 1 unspecified atom stereocenters. The third-order valence-corrected chi connectivity index (χ3v) is 4.76. The van der Waals surface area contributed by atoms with Gasteiger partial charge in [-0.05, 0) is 43.6 Å². The molecule has 1 saturated carbocycles. The van der Waals surface area contributed by atoms with Crippen LogP contribution in [0.1, 0.15) is 46.0 Å². The molecule has 0 bridgehead atoms. The van der Waals surface area contributed by atoms with Gasteiger partial charge in [0.15, 0.2) is 0 Å². The summed E-state index contributed by atoms with van der Waals surface area (Å²) >= 11 is 1.91. The summed E-state index contributed by atoms with van der Waals surface area (Å²) in [6.07, 6.45) is 8.15. The molecule has 3 nitrogen and oxygen atoms in total. The fourth-order valence-electron chi connectivity index (χ4n) is 2.78. The highest BCUT2D eigenvalue weighted by atomic mass is 32.2. The minimum atomic E-state index is -0.145. The van der Waals surface area contributed by atoms with Crippen LogP contribution in [0, 0.1) is 5.92 Å². The molecule has 0 aromatic rings. The van der Waals surface area contributed by atoms with E-state index in [1.54, 1.807) is 0 Å². The smallest absolute Gasteiger partial charge is 0.244 e. The topological polar surface area (TPSA) is 32.3 Å². The van der Waals surface area contributed by atoms with Crippen LogP contribution in [0.3, 0.4) is 0 Å². The first-order valence-electron chi connectivity index (χ1n) is 7.18. The third kappa shape index (κ3) is 2.85. The zero-order chi connectivity index (χ0) is 13.2. The molecule has 0 aromatic heterocycles. The van der Waals surface area contributed by atoms with Gasteiger partial charge >= 0.3 is 0 Å². The largest absolute Gasteiger partial charge is 0.325 e. The summed E-state index contributed by atoms with van der Waals surface area (Å²) < 4.78 is 0. The average molecular weight is 270 g/mol. The van der Waals surface area contributed by atoms with Gasteiger partial charge < -0.3 is 4.90 Å². The minimum Gasteiger partial charge on any atom is -0.325 e. The van der Waals surface area contributed by atoms with Crippen molar-refractivity contribution in [3.63, 3.8) is 0 Å². The van der Waals surface area contributed by atoms with E-state index in [0.29, 0.717) is 11.8 Å².